The third-order valence-electron chi connectivity index (χ3n) is 4.29. The van der Waals surface area contributed by atoms with Crippen LogP contribution in [-0.4, -0.2) is 24.0 Å². The number of hydrogen-bond donors (Lipinski definition) is 0. The van der Waals surface area contributed by atoms with Gasteiger partial charge in [0.15, 0.2) is 0 Å². The summed E-state index contributed by atoms with van der Waals surface area (Å²) in [6.45, 7) is 0. The summed E-state index contributed by atoms with van der Waals surface area (Å²) in [6.07, 6.45) is -0.174. The van der Waals surface area contributed by atoms with E-state index in [1.54, 1.807) is 12.1 Å². The number of ether oxygens (including phenoxy) is 2. The Morgan fingerprint density at radius 1 is 1.17 bits per heavy atom. The molecule has 0 radical (unpaired) electrons. The van der Waals surface area contributed by atoms with Gasteiger partial charge >= 0.3 is 12.0 Å². The van der Waals surface area contributed by atoms with Crippen molar-refractivity contribution in [3.05, 3.63) is 75.8 Å². The van der Waals surface area contributed by atoms with E-state index in [-0.39, 0.29) is 0 Å². The van der Waals surface area contributed by atoms with Crippen molar-refractivity contribution in [2.75, 3.05) is 7.11 Å². The molecule has 2 aromatic carbocycles. The molecule has 0 aliphatic heterocycles. The van der Waals surface area contributed by atoms with Gasteiger partial charge in [0.1, 0.15) is 11.9 Å². The third kappa shape index (κ3) is 2.95. The van der Waals surface area contributed by atoms with Crippen molar-refractivity contribution in [2.24, 2.45) is 5.92 Å². The molecule has 24 heavy (non-hydrogen) atoms. The van der Waals surface area contributed by atoms with Crippen LogP contribution < -0.4 is 4.74 Å². The minimum atomic E-state index is -1.46. The molecule has 124 valence electrons. The zero-order valence-corrected chi connectivity index (χ0v) is 13.1. The Bertz CT molecular complexity index is 746. The molecule has 0 saturated carbocycles. The lowest BCUT2D eigenvalue weighted by Gasteiger charge is -2.23. The fourth-order valence-corrected chi connectivity index (χ4v) is 3.20. The molecule has 1 aliphatic carbocycles. The molecule has 0 spiro atoms. The molecule has 0 heterocycles. The lowest BCUT2D eigenvalue weighted by Crippen LogP contribution is -2.41. The molecule has 0 aromatic heterocycles. The number of esters is 1. The Labute approximate surface area is 139 Å². The van der Waals surface area contributed by atoms with E-state index in [1.807, 2.05) is 42.5 Å². The van der Waals surface area contributed by atoms with Gasteiger partial charge in [-0.25, -0.2) is 4.79 Å². The summed E-state index contributed by atoms with van der Waals surface area (Å²) in [4.78, 5) is 22.9. The molecule has 0 N–H and O–H groups in total. The fourth-order valence-electron chi connectivity index (χ4n) is 3.20. The Hall–Kier alpha value is -2.89. The monoisotopic (exact) mass is 327 g/mol. The molecule has 2 aromatic rings. The maximum absolute atomic E-state index is 12.0. The molecule has 0 saturated heterocycles. The number of nitro groups is 1. The fraction of sp³-hybridized carbons (Fsp3) is 0.278. The van der Waals surface area contributed by atoms with Crippen LogP contribution in [-0.2, 0) is 16.0 Å². The lowest BCUT2D eigenvalue weighted by atomic mass is 9.94. The van der Waals surface area contributed by atoms with Gasteiger partial charge in [-0.1, -0.05) is 42.5 Å². The number of benzene rings is 2. The third-order valence-corrected chi connectivity index (χ3v) is 4.29. The quantitative estimate of drug-likeness (QED) is 0.479. The Morgan fingerprint density at radius 3 is 2.50 bits per heavy atom. The second-order valence-corrected chi connectivity index (χ2v) is 5.67. The van der Waals surface area contributed by atoms with Gasteiger partial charge in [-0.05, 0) is 29.7 Å². The van der Waals surface area contributed by atoms with Crippen molar-refractivity contribution < 1.29 is 19.2 Å². The number of carbonyl (C=O) groups excluding carboxylic acids is 1. The van der Waals surface area contributed by atoms with Crippen molar-refractivity contribution in [3.8, 4) is 5.75 Å². The molecule has 0 unspecified atom stereocenters. The number of fused-ring (bicyclic) bond motifs is 1. The summed E-state index contributed by atoms with van der Waals surface area (Å²) in [5.41, 5.74) is 1.83. The zero-order chi connectivity index (χ0) is 17.1. The van der Waals surface area contributed by atoms with Crippen LogP contribution in [0.3, 0.4) is 0 Å². The highest BCUT2D eigenvalue weighted by Crippen LogP contribution is 2.41. The Balaban J connectivity index is 1.98. The van der Waals surface area contributed by atoms with E-state index in [4.69, 9.17) is 4.74 Å². The maximum Gasteiger partial charge on any atom is 0.381 e. The minimum Gasteiger partial charge on any atom is -0.485 e. The molecule has 3 rings (SSSR count). The Kier molecular flexibility index (Phi) is 4.46. The summed E-state index contributed by atoms with van der Waals surface area (Å²) in [7, 11) is 1.16. The average molecular weight is 327 g/mol. The summed E-state index contributed by atoms with van der Waals surface area (Å²) in [6, 6.07) is 15.2. The van der Waals surface area contributed by atoms with Crippen LogP contribution in [0.2, 0.25) is 0 Å². The van der Waals surface area contributed by atoms with Crippen molar-refractivity contribution in [3.63, 3.8) is 0 Å². The van der Waals surface area contributed by atoms with Crippen LogP contribution in [0.1, 0.15) is 17.2 Å². The van der Waals surface area contributed by atoms with Gasteiger partial charge in [-0.3, -0.25) is 10.1 Å². The molecule has 6 heteroatoms. The normalized spacial score (nSPS) is 20.0. The van der Waals surface area contributed by atoms with Gasteiger partial charge in [0.2, 0.25) is 0 Å². The molecule has 6 nitrogen and oxygen atoms in total. The van der Waals surface area contributed by atoms with Crippen LogP contribution in [0, 0.1) is 16.0 Å². The van der Waals surface area contributed by atoms with Gasteiger partial charge in [0.25, 0.3) is 0 Å². The topological polar surface area (TPSA) is 78.7 Å². The van der Waals surface area contributed by atoms with E-state index in [1.165, 1.54) is 0 Å². The first-order chi connectivity index (χ1) is 11.6. The number of rotatable bonds is 5. The van der Waals surface area contributed by atoms with E-state index in [0.29, 0.717) is 12.2 Å². The van der Waals surface area contributed by atoms with E-state index >= 15 is 0 Å². The largest absolute Gasteiger partial charge is 0.485 e. The van der Waals surface area contributed by atoms with E-state index in [2.05, 4.69) is 4.74 Å². The van der Waals surface area contributed by atoms with E-state index < -0.39 is 29.0 Å². The van der Waals surface area contributed by atoms with Crippen LogP contribution in [0.5, 0.6) is 5.75 Å². The van der Waals surface area contributed by atoms with Crippen LogP contribution in [0.25, 0.3) is 0 Å². The van der Waals surface area contributed by atoms with Crippen LogP contribution in [0.4, 0.5) is 0 Å². The molecule has 1 aliphatic rings. The molecule has 0 amide bonds. The van der Waals surface area contributed by atoms with Gasteiger partial charge < -0.3 is 9.47 Å². The summed E-state index contributed by atoms with van der Waals surface area (Å²) < 4.78 is 10.7. The first kappa shape index (κ1) is 16.0. The molecule has 0 bridgehead atoms. The second kappa shape index (κ2) is 6.70. The smallest absolute Gasteiger partial charge is 0.381 e. The molecule has 0 fully saturated rings. The van der Waals surface area contributed by atoms with Crippen molar-refractivity contribution in [1.29, 1.82) is 0 Å². The van der Waals surface area contributed by atoms with E-state index in [0.717, 1.165) is 18.2 Å². The molecular weight excluding hydrogens is 310 g/mol. The molecular formula is C18H17NO5. The Morgan fingerprint density at radius 2 is 1.83 bits per heavy atom. The highest BCUT2D eigenvalue weighted by Gasteiger charge is 2.49. The highest BCUT2D eigenvalue weighted by molar-refractivity contribution is 5.75. The van der Waals surface area contributed by atoms with Gasteiger partial charge in [-0.15, -0.1) is 0 Å². The summed E-state index contributed by atoms with van der Waals surface area (Å²) >= 11 is 0. The predicted octanol–water partition coefficient (Wildman–Crippen LogP) is 2.80. The average Bonchev–Trinajstić information content (AvgIpc) is 2.94. The SMILES string of the molecule is COC(=O)[C@H]([C@@H]1Cc2ccccc2[C@H]1Oc1ccccc1)[N+](=O)[O-]. The van der Waals surface area contributed by atoms with Crippen LogP contribution >= 0.6 is 0 Å². The maximum atomic E-state index is 12.0. The van der Waals surface area contributed by atoms with Crippen molar-refractivity contribution in [2.45, 2.75) is 18.6 Å². The minimum absolute atomic E-state index is 0.397. The number of methoxy groups -OCH3 is 1. The van der Waals surface area contributed by atoms with Crippen LogP contribution in [0.15, 0.2) is 54.6 Å². The predicted molar refractivity (Wildman–Crippen MR) is 86.2 cm³/mol. The van der Waals surface area contributed by atoms with Crippen molar-refractivity contribution >= 4 is 5.97 Å². The number of nitrogens with zero attached hydrogens (tertiary/aromatic N) is 1. The first-order valence-electron chi connectivity index (χ1n) is 7.62. The standard InChI is InChI=1S/C18H17NO5/c1-23-18(20)16(19(21)22)15-11-12-7-5-6-10-14(12)17(15)24-13-8-3-2-4-9-13/h2-10,15-17H,11H2,1H3/t15-,16-,17+/m0/s1. The van der Waals surface area contributed by atoms with Gasteiger partial charge in [0.05, 0.1) is 13.0 Å². The van der Waals surface area contributed by atoms with Crippen molar-refractivity contribution in [1.82, 2.24) is 0 Å². The zero-order valence-electron chi connectivity index (χ0n) is 13.1. The first-order valence-corrected chi connectivity index (χ1v) is 7.62. The lowest BCUT2D eigenvalue weighted by molar-refractivity contribution is -0.521. The number of hydrogen-bond acceptors (Lipinski definition) is 5. The van der Waals surface area contributed by atoms with Gasteiger partial charge in [0, 0.05) is 4.92 Å². The highest BCUT2D eigenvalue weighted by atomic mass is 16.6. The second-order valence-electron chi connectivity index (χ2n) is 5.67. The van der Waals surface area contributed by atoms with Gasteiger partial charge in [-0.2, -0.15) is 0 Å². The van der Waals surface area contributed by atoms with E-state index in [9.17, 15) is 14.9 Å². The molecule has 3 atom stereocenters. The summed E-state index contributed by atoms with van der Waals surface area (Å²) in [5.74, 6) is -0.860. The number of para-hydroxylation sites is 1. The summed E-state index contributed by atoms with van der Waals surface area (Å²) in [5, 5.41) is 11.5. The number of carbonyl (C=O) groups is 1.